The van der Waals surface area contributed by atoms with Crippen LogP contribution in [0.25, 0.3) is 0 Å². The minimum absolute atomic E-state index is 0.296. The monoisotopic (exact) mass is 268 g/mol. The van der Waals surface area contributed by atoms with Crippen molar-refractivity contribution in [2.24, 2.45) is 5.73 Å². The van der Waals surface area contributed by atoms with E-state index < -0.39 is 11.2 Å². The smallest absolute Gasteiger partial charge is 0.350 e. The van der Waals surface area contributed by atoms with Gasteiger partial charge in [0.1, 0.15) is 0 Å². The first-order valence-corrected chi connectivity index (χ1v) is 6.08. The van der Waals surface area contributed by atoms with Gasteiger partial charge in [-0.05, 0) is 19.4 Å². The number of aromatic nitrogens is 2. The largest absolute Gasteiger partial charge is 0.445 e. The number of anilines is 1. The Morgan fingerprint density at radius 3 is 2.47 bits per heavy atom. The second-order valence-electron chi connectivity index (χ2n) is 3.66. The van der Waals surface area contributed by atoms with Gasteiger partial charge in [-0.2, -0.15) is 13.2 Å². The van der Waals surface area contributed by atoms with Crippen LogP contribution in [0.15, 0.2) is 0 Å². The number of nitrogens with zero attached hydrogens (tertiary/aromatic N) is 3. The maximum Gasteiger partial charge on any atom is 0.445 e. The van der Waals surface area contributed by atoms with Crippen molar-refractivity contribution in [2.45, 2.75) is 25.4 Å². The average Bonchev–Trinajstić information content (AvgIpc) is 2.72. The molecule has 1 rings (SSSR count). The number of hydrogen-bond donors (Lipinski definition) is 1. The van der Waals surface area contributed by atoms with E-state index in [4.69, 9.17) is 5.73 Å². The van der Waals surface area contributed by atoms with E-state index in [1.54, 1.807) is 11.9 Å². The molecule has 0 aliphatic rings. The zero-order valence-corrected chi connectivity index (χ0v) is 10.3. The van der Waals surface area contributed by atoms with Gasteiger partial charge in [-0.25, -0.2) is 0 Å². The van der Waals surface area contributed by atoms with Gasteiger partial charge in [0.25, 0.3) is 0 Å². The highest BCUT2D eigenvalue weighted by Crippen LogP contribution is 2.33. The Hall–Kier alpha value is -0.890. The molecule has 98 valence electrons. The Balaban J connectivity index is 2.47. The SMILES string of the molecule is CN(CCCCCN)c1nnc(C(F)(F)F)s1. The first-order valence-electron chi connectivity index (χ1n) is 5.27. The van der Waals surface area contributed by atoms with Gasteiger partial charge in [0, 0.05) is 13.6 Å². The summed E-state index contributed by atoms with van der Waals surface area (Å²) in [6.07, 6.45) is -1.63. The molecule has 1 aromatic heterocycles. The van der Waals surface area contributed by atoms with Gasteiger partial charge in [0.15, 0.2) is 0 Å². The number of hydrogen-bond acceptors (Lipinski definition) is 5. The summed E-state index contributed by atoms with van der Waals surface area (Å²) in [6, 6.07) is 0. The highest BCUT2D eigenvalue weighted by molar-refractivity contribution is 7.15. The van der Waals surface area contributed by atoms with Crippen LogP contribution >= 0.6 is 11.3 Å². The van der Waals surface area contributed by atoms with Crippen molar-refractivity contribution in [2.75, 3.05) is 25.0 Å². The van der Waals surface area contributed by atoms with E-state index in [0.717, 1.165) is 19.3 Å². The van der Waals surface area contributed by atoms with Gasteiger partial charge in [0.05, 0.1) is 0 Å². The summed E-state index contributed by atoms with van der Waals surface area (Å²) < 4.78 is 36.9. The maximum atomic E-state index is 12.3. The minimum Gasteiger partial charge on any atom is -0.350 e. The van der Waals surface area contributed by atoms with Crippen molar-refractivity contribution in [3.05, 3.63) is 5.01 Å². The summed E-state index contributed by atoms with van der Waals surface area (Å²) in [7, 11) is 1.71. The fourth-order valence-electron chi connectivity index (χ4n) is 1.25. The van der Waals surface area contributed by atoms with E-state index in [0.29, 0.717) is 29.6 Å². The first-order chi connectivity index (χ1) is 7.95. The van der Waals surface area contributed by atoms with Gasteiger partial charge < -0.3 is 10.6 Å². The lowest BCUT2D eigenvalue weighted by Gasteiger charge is -2.14. The van der Waals surface area contributed by atoms with Gasteiger partial charge in [0.2, 0.25) is 10.1 Å². The third-order valence-electron chi connectivity index (χ3n) is 2.18. The second kappa shape index (κ2) is 6.15. The molecule has 0 aliphatic heterocycles. The summed E-state index contributed by atoms with van der Waals surface area (Å²) in [6.45, 7) is 1.30. The Bertz CT molecular complexity index is 339. The van der Waals surface area contributed by atoms with Crippen LogP contribution in [-0.2, 0) is 6.18 Å². The number of halogens is 3. The number of rotatable bonds is 6. The van der Waals surface area contributed by atoms with Crippen LogP contribution in [0.5, 0.6) is 0 Å². The lowest BCUT2D eigenvalue weighted by Crippen LogP contribution is -2.18. The van der Waals surface area contributed by atoms with Gasteiger partial charge >= 0.3 is 6.18 Å². The van der Waals surface area contributed by atoms with E-state index in [1.165, 1.54) is 0 Å². The summed E-state index contributed by atoms with van der Waals surface area (Å²) >= 11 is 0.566. The Morgan fingerprint density at radius 2 is 1.94 bits per heavy atom. The van der Waals surface area contributed by atoms with Crippen LogP contribution in [0.4, 0.5) is 18.3 Å². The fraction of sp³-hybridized carbons (Fsp3) is 0.778. The van der Waals surface area contributed by atoms with E-state index in [9.17, 15) is 13.2 Å². The van der Waals surface area contributed by atoms with E-state index >= 15 is 0 Å². The van der Waals surface area contributed by atoms with Crippen LogP contribution in [0.2, 0.25) is 0 Å². The third-order valence-corrected chi connectivity index (χ3v) is 3.26. The van der Waals surface area contributed by atoms with E-state index in [-0.39, 0.29) is 0 Å². The molecular formula is C9H15F3N4S. The zero-order chi connectivity index (χ0) is 12.9. The molecule has 0 aromatic carbocycles. The van der Waals surface area contributed by atoms with E-state index in [1.807, 2.05) is 0 Å². The molecular weight excluding hydrogens is 253 g/mol. The highest BCUT2D eigenvalue weighted by Gasteiger charge is 2.35. The third kappa shape index (κ3) is 4.47. The molecule has 8 heteroatoms. The van der Waals surface area contributed by atoms with Crippen LogP contribution in [-0.4, -0.2) is 30.3 Å². The normalized spacial score (nSPS) is 11.8. The molecule has 0 saturated heterocycles. The molecule has 0 fully saturated rings. The van der Waals surface area contributed by atoms with Crippen molar-refractivity contribution >= 4 is 16.5 Å². The lowest BCUT2D eigenvalue weighted by molar-refractivity contribution is -0.138. The van der Waals surface area contributed by atoms with Gasteiger partial charge in [-0.3, -0.25) is 0 Å². The summed E-state index contributed by atoms with van der Waals surface area (Å²) in [5.74, 6) is 0. The molecule has 4 nitrogen and oxygen atoms in total. The Labute approximate surface area is 102 Å². The van der Waals surface area contributed by atoms with Gasteiger partial charge in [-0.1, -0.05) is 17.8 Å². The maximum absolute atomic E-state index is 12.3. The summed E-state index contributed by atoms with van der Waals surface area (Å²) in [5, 5.41) is 6.06. The van der Waals surface area contributed by atoms with Crippen LogP contribution < -0.4 is 10.6 Å². The van der Waals surface area contributed by atoms with Crippen molar-refractivity contribution in [3.63, 3.8) is 0 Å². The molecule has 2 N–H and O–H groups in total. The number of alkyl halides is 3. The molecule has 0 saturated carbocycles. The minimum atomic E-state index is -4.41. The van der Waals surface area contributed by atoms with Crippen LogP contribution in [0, 0.1) is 0 Å². The lowest BCUT2D eigenvalue weighted by atomic mass is 10.2. The molecule has 0 radical (unpaired) electrons. The highest BCUT2D eigenvalue weighted by atomic mass is 32.1. The van der Waals surface area contributed by atoms with Crippen LogP contribution in [0.1, 0.15) is 24.3 Å². The van der Waals surface area contributed by atoms with Crippen molar-refractivity contribution in [3.8, 4) is 0 Å². The second-order valence-corrected chi connectivity index (χ2v) is 4.61. The molecule has 0 amide bonds. The van der Waals surface area contributed by atoms with Crippen molar-refractivity contribution < 1.29 is 13.2 Å². The average molecular weight is 268 g/mol. The molecule has 1 heterocycles. The number of nitrogens with two attached hydrogens (primary N) is 1. The predicted octanol–water partition coefficient (Wildman–Crippen LogP) is 2.12. The van der Waals surface area contributed by atoms with Gasteiger partial charge in [-0.15, -0.1) is 10.2 Å². The Kier molecular flexibility index (Phi) is 5.13. The van der Waals surface area contributed by atoms with Crippen LogP contribution in [0.3, 0.4) is 0 Å². The fourth-order valence-corrected chi connectivity index (χ4v) is 1.95. The molecule has 0 spiro atoms. The number of unbranched alkanes of at least 4 members (excludes halogenated alkanes) is 2. The summed E-state index contributed by atoms with van der Waals surface area (Å²) in [5.41, 5.74) is 5.35. The molecule has 0 unspecified atom stereocenters. The molecule has 0 aliphatic carbocycles. The van der Waals surface area contributed by atoms with E-state index in [2.05, 4.69) is 10.2 Å². The van der Waals surface area contributed by atoms with Crippen molar-refractivity contribution in [1.82, 2.24) is 10.2 Å². The quantitative estimate of drug-likeness (QED) is 0.803. The molecule has 0 bridgehead atoms. The Morgan fingerprint density at radius 1 is 1.24 bits per heavy atom. The topological polar surface area (TPSA) is 55.0 Å². The predicted molar refractivity (Wildman–Crippen MR) is 61.1 cm³/mol. The molecule has 1 aromatic rings. The van der Waals surface area contributed by atoms with Crippen molar-refractivity contribution in [1.29, 1.82) is 0 Å². The molecule has 17 heavy (non-hydrogen) atoms. The first kappa shape index (κ1) is 14.2. The summed E-state index contributed by atoms with van der Waals surface area (Å²) in [4.78, 5) is 1.68. The zero-order valence-electron chi connectivity index (χ0n) is 9.50. The standard InChI is InChI=1S/C9H15F3N4S/c1-16(6-4-2-3-5-13)8-15-14-7(17-8)9(10,11)12/h2-6,13H2,1H3. The molecule has 0 atom stereocenters.